The number of hydrogen-bond acceptors (Lipinski definition) is 3. The normalized spacial score (nSPS) is 11.1. The fourth-order valence-electron chi connectivity index (χ4n) is 3.32. The molecule has 0 saturated heterocycles. The van der Waals surface area contributed by atoms with E-state index in [-0.39, 0.29) is 11.9 Å². The number of nitrogens with zero attached hydrogens (tertiary/aromatic N) is 3. The highest BCUT2D eigenvalue weighted by Crippen LogP contribution is 2.24. The summed E-state index contributed by atoms with van der Waals surface area (Å²) < 4.78 is 7.66. The molecule has 0 unspecified atom stereocenters. The average molecular weight is 365 g/mol. The minimum Gasteiger partial charge on any atom is -0.451 e. The number of benzene rings is 1. The monoisotopic (exact) mass is 365 g/mol. The number of para-hydroxylation sites is 1. The Morgan fingerprint density at radius 2 is 1.81 bits per heavy atom. The second-order valence-electron chi connectivity index (χ2n) is 6.82. The summed E-state index contributed by atoms with van der Waals surface area (Å²) in [4.78, 5) is 14.6. The third-order valence-electron chi connectivity index (χ3n) is 4.82. The van der Waals surface area contributed by atoms with Crippen LogP contribution in [-0.2, 0) is 0 Å². The van der Waals surface area contributed by atoms with Crippen molar-refractivity contribution in [1.82, 2.24) is 14.7 Å². The van der Waals surface area contributed by atoms with Crippen LogP contribution < -0.4 is 0 Å². The predicted octanol–water partition coefficient (Wildman–Crippen LogP) is 5.17. The molecule has 0 saturated carbocycles. The Bertz CT molecular complexity index is 861. The highest BCUT2D eigenvalue weighted by atomic mass is 16.4. The van der Waals surface area contributed by atoms with Gasteiger partial charge >= 0.3 is 0 Å². The molecule has 0 radical (unpaired) electrons. The minimum absolute atomic E-state index is 0.0661. The molecule has 27 heavy (non-hydrogen) atoms. The molecule has 3 aromatic rings. The van der Waals surface area contributed by atoms with Gasteiger partial charge in [0, 0.05) is 19.3 Å². The van der Waals surface area contributed by atoms with E-state index in [1.165, 1.54) is 0 Å². The topological polar surface area (TPSA) is 51.3 Å². The van der Waals surface area contributed by atoms with Gasteiger partial charge in [0.1, 0.15) is 5.76 Å². The Kier molecular flexibility index (Phi) is 6.12. The number of aromatic nitrogens is 2. The van der Waals surface area contributed by atoms with Crippen LogP contribution in [0.25, 0.3) is 17.0 Å². The lowest BCUT2D eigenvalue weighted by Gasteiger charge is -2.27. The van der Waals surface area contributed by atoms with E-state index >= 15 is 0 Å². The van der Waals surface area contributed by atoms with Crippen LogP contribution in [0.1, 0.15) is 50.1 Å². The van der Waals surface area contributed by atoms with Crippen molar-refractivity contribution in [3.05, 3.63) is 60.6 Å². The van der Waals surface area contributed by atoms with E-state index in [0.717, 1.165) is 36.9 Å². The highest BCUT2D eigenvalue weighted by Gasteiger charge is 2.23. The molecule has 5 nitrogen and oxygen atoms in total. The van der Waals surface area contributed by atoms with Gasteiger partial charge in [0.25, 0.3) is 5.91 Å². The molecule has 0 aliphatic rings. The van der Waals surface area contributed by atoms with Crippen LogP contribution in [0.3, 0.4) is 0 Å². The van der Waals surface area contributed by atoms with Crippen molar-refractivity contribution in [2.75, 3.05) is 7.05 Å². The zero-order chi connectivity index (χ0) is 19.2. The van der Waals surface area contributed by atoms with Crippen LogP contribution in [0.4, 0.5) is 0 Å². The Labute approximate surface area is 160 Å². The first kappa shape index (κ1) is 19.0. The van der Waals surface area contributed by atoms with Crippen molar-refractivity contribution in [3.63, 3.8) is 0 Å². The van der Waals surface area contributed by atoms with E-state index < -0.39 is 0 Å². The fraction of sp³-hybridized carbons (Fsp3) is 0.364. The molecular weight excluding hydrogens is 338 g/mol. The molecule has 0 aliphatic carbocycles. The molecule has 1 amide bonds. The van der Waals surface area contributed by atoms with Gasteiger partial charge in [-0.25, -0.2) is 4.68 Å². The molecule has 142 valence electrons. The number of hydrogen-bond donors (Lipinski definition) is 0. The second kappa shape index (κ2) is 8.71. The largest absolute Gasteiger partial charge is 0.451 e. The first-order valence-corrected chi connectivity index (χ1v) is 9.61. The lowest BCUT2D eigenvalue weighted by molar-refractivity contribution is 0.0683. The van der Waals surface area contributed by atoms with E-state index in [1.54, 1.807) is 16.9 Å². The summed E-state index contributed by atoms with van der Waals surface area (Å²) in [6.07, 6.45) is 7.79. The van der Waals surface area contributed by atoms with Crippen LogP contribution in [0.5, 0.6) is 0 Å². The highest BCUT2D eigenvalue weighted by molar-refractivity contribution is 5.92. The number of amides is 1. The number of carbonyl (C=O) groups is 1. The van der Waals surface area contributed by atoms with E-state index in [9.17, 15) is 4.79 Å². The lowest BCUT2D eigenvalue weighted by Crippen LogP contribution is -2.36. The molecule has 0 aliphatic heterocycles. The molecule has 1 aromatic carbocycles. The Morgan fingerprint density at radius 1 is 1.11 bits per heavy atom. The van der Waals surface area contributed by atoms with Gasteiger partial charge in [-0.05, 0) is 37.1 Å². The summed E-state index contributed by atoms with van der Waals surface area (Å²) in [5, 5.41) is 4.39. The maximum atomic E-state index is 12.8. The molecule has 5 heteroatoms. The van der Waals surface area contributed by atoms with Gasteiger partial charge in [0.2, 0.25) is 0 Å². The van der Waals surface area contributed by atoms with Crippen LogP contribution in [0.2, 0.25) is 0 Å². The lowest BCUT2D eigenvalue weighted by atomic mass is 10.1. The van der Waals surface area contributed by atoms with E-state index in [2.05, 4.69) is 18.9 Å². The molecule has 0 spiro atoms. The van der Waals surface area contributed by atoms with Crippen LogP contribution in [-0.4, -0.2) is 33.7 Å². The van der Waals surface area contributed by atoms with Gasteiger partial charge in [-0.1, -0.05) is 44.9 Å². The zero-order valence-electron chi connectivity index (χ0n) is 16.3. The van der Waals surface area contributed by atoms with Crippen LogP contribution >= 0.6 is 0 Å². The standard InChI is InChI=1S/C22H27N3O2/c1-4-9-18(10-5-2)24(3)22(26)21-14-13-20(27-21)17-15-23-25(16-17)19-11-7-6-8-12-19/h6-8,11-16,18H,4-5,9-10H2,1-3H3. The van der Waals surface area contributed by atoms with Crippen LogP contribution in [0.15, 0.2) is 59.3 Å². The molecule has 0 N–H and O–H groups in total. The Morgan fingerprint density at radius 3 is 2.48 bits per heavy atom. The molecule has 0 bridgehead atoms. The first-order valence-electron chi connectivity index (χ1n) is 9.61. The van der Waals surface area contributed by atoms with Crippen molar-refractivity contribution in [1.29, 1.82) is 0 Å². The van der Waals surface area contributed by atoms with Crippen molar-refractivity contribution in [2.24, 2.45) is 0 Å². The number of rotatable bonds is 8. The summed E-state index contributed by atoms with van der Waals surface area (Å²) in [7, 11) is 1.87. The quantitative estimate of drug-likeness (QED) is 0.553. The number of furan rings is 1. The molecule has 2 aromatic heterocycles. The maximum Gasteiger partial charge on any atom is 0.289 e. The van der Waals surface area contributed by atoms with Crippen molar-refractivity contribution >= 4 is 5.91 Å². The zero-order valence-corrected chi connectivity index (χ0v) is 16.3. The average Bonchev–Trinajstić information content (AvgIpc) is 3.37. The van der Waals surface area contributed by atoms with Gasteiger partial charge in [-0.3, -0.25) is 4.79 Å². The van der Waals surface area contributed by atoms with Crippen LogP contribution in [0, 0.1) is 0 Å². The first-order chi connectivity index (χ1) is 13.1. The van der Waals surface area contributed by atoms with Gasteiger partial charge in [-0.15, -0.1) is 0 Å². The third kappa shape index (κ3) is 4.30. The van der Waals surface area contributed by atoms with Crippen molar-refractivity contribution in [2.45, 2.75) is 45.6 Å². The molecule has 2 heterocycles. The van der Waals surface area contributed by atoms with E-state index in [0.29, 0.717) is 11.5 Å². The van der Waals surface area contributed by atoms with Gasteiger partial charge < -0.3 is 9.32 Å². The van der Waals surface area contributed by atoms with E-state index in [1.807, 2.05) is 54.5 Å². The summed E-state index contributed by atoms with van der Waals surface area (Å²) in [6.45, 7) is 4.30. The van der Waals surface area contributed by atoms with Gasteiger partial charge in [0.15, 0.2) is 5.76 Å². The maximum absolute atomic E-state index is 12.8. The molecule has 0 fully saturated rings. The van der Waals surface area contributed by atoms with Crippen molar-refractivity contribution in [3.8, 4) is 17.0 Å². The minimum atomic E-state index is -0.0661. The molecule has 0 atom stereocenters. The summed E-state index contributed by atoms with van der Waals surface area (Å²) in [5.41, 5.74) is 1.83. The molecule has 3 rings (SSSR count). The summed E-state index contributed by atoms with van der Waals surface area (Å²) in [6, 6.07) is 13.7. The predicted molar refractivity (Wildman–Crippen MR) is 107 cm³/mol. The Balaban J connectivity index is 1.76. The smallest absolute Gasteiger partial charge is 0.289 e. The molecular formula is C22H27N3O2. The third-order valence-corrected chi connectivity index (χ3v) is 4.82. The van der Waals surface area contributed by atoms with Crippen molar-refractivity contribution < 1.29 is 9.21 Å². The SMILES string of the molecule is CCCC(CCC)N(C)C(=O)c1ccc(-c2cnn(-c3ccccc3)c2)o1. The van der Waals surface area contributed by atoms with E-state index in [4.69, 9.17) is 4.42 Å². The van der Waals surface area contributed by atoms with Gasteiger partial charge in [0.05, 0.1) is 17.4 Å². The van der Waals surface area contributed by atoms with Gasteiger partial charge in [-0.2, -0.15) is 5.10 Å². The summed E-state index contributed by atoms with van der Waals surface area (Å²) >= 11 is 0. The number of carbonyl (C=O) groups excluding carboxylic acids is 1. The second-order valence-corrected chi connectivity index (χ2v) is 6.82. The fourth-order valence-corrected chi connectivity index (χ4v) is 3.32. The Hall–Kier alpha value is -2.82. The summed E-state index contributed by atoms with van der Waals surface area (Å²) in [5.74, 6) is 0.956.